The first-order valence-electron chi connectivity index (χ1n) is 7.96. The van der Waals surface area contributed by atoms with Crippen LogP contribution in [0.15, 0.2) is 36.4 Å². The molecule has 0 aromatic heterocycles. The quantitative estimate of drug-likeness (QED) is 0.683. The summed E-state index contributed by atoms with van der Waals surface area (Å²) in [7, 11) is 0. The lowest BCUT2D eigenvalue weighted by atomic mass is 9.79. The summed E-state index contributed by atoms with van der Waals surface area (Å²) in [5, 5.41) is 8.56. The van der Waals surface area contributed by atoms with Gasteiger partial charge in [-0.3, -0.25) is 0 Å². The van der Waals surface area contributed by atoms with Crippen molar-refractivity contribution in [2.24, 2.45) is 11.8 Å². The number of hydrogen-bond acceptors (Lipinski definition) is 1. The molecule has 1 aromatic carbocycles. The Kier molecular flexibility index (Phi) is 5.87. The van der Waals surface area contributed by atoms with Crippen molar-refractivity contribution in [2.75, 3.05) is 0 Å². The Morgan fingerprint density at radius 1 is 1.10 bits per heavy atom. The van der Waals surface area contributed by atoms with Crippen molar-refractivity contribution in [1.29, 1.82) is 5.26 Å². The zero-order valence-electron chi connectivity index (χ0n) is 12.5. The first-order chi connectivity index (χ1) is 9.81. The molecule has 1 aliphatic rings. The van der Waals surface area contributed by atoms with E-state index in [1.54, 1.807) is 6.08 Å². The first-order valence-corrected chi connectivity index (χ1v) is 7.96. The van der Waals surface area contributed by atoms with Gasteiger partial charge in [-0.05, 0) is 67.9 Å². The van der Waals surface area contributed by atoms with E-state index < -0.39 is 0 Å². The third-order valence-electron chi connectivity index (χ3n) is 4.61. The summed E-state index contributed by atoms with van der Waals surface area (Å²) < 4.78 is 0. The summed E-state index contributed by atoms with van der Waals surface area (Å²) >= 11 is 0. The van der Waals surface area contributed by atoms with Gasteiger partial charge in [0.2, 0.25) is 0 Å². The third kappa shape index (κ3) is 4.53. The largest absolute Gasteiger partial charge is 0.193 e. The lowest BCUT2D eigenvalue weighted by Crippen LogP contribution is -2.13. The van der Waals surface area contributed by atoms with Crippen LogP contribution in [0, 0.1) is 23.2 Å². The molecule has 1 saturated carbocycles. The number of aryl methyl sites for hydroxylation is 2. The van der Waals surface area contributed by atoms with Crippen LogP contribution in [0.5, 0.6) is 0 Å². The zero-order valence-corrected chi connectivity index (χ0v) is 12.5. The summed E-state index contributed by atoms with van der Waals surface area (Å²) in [5.74, 6) is 1.53. The molecule has 0 atom stereocenters. The molecule has 1 aliphatic carbocycles. The highest BCUT2D eigenvalue weighted by molar-refractivity contribution is 5.22. The van der Waals surface area contributed by atoms with Crippen molar-refractivity contribution in [3.8, 4) is 6.07 Å². The lowest BCUT2D eigenvalue weighted by Gasteiger charge is -2.26. The monoisotopic (exact) mass is 267 g/mol. The molecule has 0 amide bonds. The van der Waals surface area contributed by atoms with Crippen LogP contribution in [0.4, 0.5) is 0 Å². The van der Waals surface area contributed by atoms with Gasteiger partial charge in [-0.25, -0.2) is 0 Å². The molecule has 106 valence electrons. The smallest absolute Gasteiger partial charge is 0.0908 e. The van der Waals surface area contributed by atoms with E-state index >= 15 is 0 Å². The fourth-order valence-electron chi connectivity index (χ4n) is 3.16. The van der Waals surface area contributed by atoms with Crippen LogP contribution in [0.25, 0.3) is 0 Å². The van der Waals surface area contributed by atoms with E-state index in [4.69, 9.17) is 5.26 Å². The van der Waals surface area contributed by atoms with E-state index in [0.29, 0.717) is 5.92 Å². The number of nitrogens with zero attached hydrogens (tertiary/aromatic N) is 1. The SMILES string of the molecule is CCc1ccc(CC[C@H]2CC[C@H](C=CC#N)CC2)cc1. The molecule has 1 fully saturated rings. The second-order valence-corrected chi connectivity index (χ2v) is 5.98. The molecule has 0 radical (unpaired) electrons. The molecule has 0 spiro atoms. The highest BCUT2D eigenvalue weighted by atomic mass is 14.3. The molecule has 1 nitrogen and oxygen atoms in total. The maximum Gasteiger partial charge on any atom is 0.0908 e. The molecule has 0 N–H and O–H groups in total. The minimum absolute atomic E-state index is 0.648. The summed E-state index contributed by atoms with van der Waals surface area (Å²) in [5.41, 5.74) is 2.91. The van der Waals surface area contributed by atoms with Crippen molar-refractivity contribution in [2.45, 2.75) is 51.9 Å². The van der Waals surface area contributed by atoms with Crippen LogP contribution >= 0.6 is 0 Å². The highest BCUT2D eigenvalue weighted by Gasteiger charge is 2.19. The number of benzene rings is 1. The zero-order chi connectivity index (χ0) is 14.2. The van der Waals surface area contributed by atoms with Crippen LogP contribution in [-0.2, 0) is 12.8 Å². The summed E-state index contributed by atoms with van der Waals surface area (Å²) in [6.07, 6.45) is 12.6. The standard InChI is InChI=1S/C19H25N/c1-2-16-5-7-18(8-6-16)13-14-19-11-9-17(10-12-19)4-3-15-20/h3-8,17,19H,2,9-14H2,1H3/t17-,19-. The van der Waals surface area contributed by atoms with Gasteiger partial charge in [-0.1, -0.05) is 37.3 Å². The number of nitriles is 1. The Balaban J connectivity index is 1.73. The van der Waals surface area contributed by atoms with Gasteiger partial charge >= 0.3 is 0 Å². The van der Waals surface area contributed by atoms with E-state index in [2.05, 4.69) is 43.3 Å². The average Bonchev–Trinajstić information content (AvgIpc) is 2.52. The van der Waals surface area contributed by atoms with Crippen LogP contribution in [0.3, 0.4) is 0 Å². The van der Waals surface area contributed by atoms with Gasteiger partial charge in [0, 0.05) is 6.08 Å². The minimum atomic E-state index is 0.648. The van der Waals surface area contributed by atoms with Crippen LogP contribution < -0.4 is 0 Å². The molecule has 1 heteroatoms. The predicted molar refractivity (Wildman–Crippen MR) is 84.3 cm³/mol. The number of rotatable bonds is 5. The number of allylic oxidation sites excluding steroid dienone is 2. The Bertz CT molecular complexity index is 456. The summed E-state index contributed by atoms with van der Waals surface area (Å²) in [4.78, 5) is 0. The molecular formula is C19H25N. The first kappa shape index (κ1) is 14.9. The van der Waals surface area contributed by atoms with Crippen molar-refractivity contribution < 1.29 is 0 Å². The van der Waals surface area contributed by atoms with Gasteiger partial charge in [0.15, 0.2) is 0 Å². The van der Waals surface area contributed by atoms with Crippen LogP contribution in [0.1, 0.15) is 50.2 Å². The molecule has 0 unspecified atom stereocenters. The van der Waals surface area contributed by atoms with E-state index in [0.717, 1.165) is 12.3 Å². The fraction of sp³-hybridized carbons (Fsp3) is 0.526. The van der Waals surface area contributed by atoms with Crippen molar-refractivity contribution in [3.05, 3.63) is 47.5 Å². The van der Waals surface area contributed by atoms with Gasteiger partial charge in [0.05, 0.1) is 6.07 Å². The molecular weight excluding hydrogens is 242 g/mol. The molecule has 0 heterocycles. The fourth-order valence-corrected chi connectivity index (χ4v) is 3.16. The van der Waals surface area contributed by atoms with Gasteiger partial charge in [-0.2, -0.15) is 5.26 Å². The normalized spacial score (nSPS) is 22.8. The molecule has 0 saturated heterocycles. The molecule has 1 aromatic rings. The lowest BCUT2D eigenvalue weighted by molar-refractivity contribution is 0.296. The van der Waals surface area contributed by atoms with E-state index in [9.17, 15) is 0 Å². The molecule has 20 heavy (non-hydrogen) atoms. The average molecular weight is 267 g/mol. The van der Waals surface area contributed by atoms with Crippen molar-refractivity contribution >= 4 is 0 Å². The van der Waals surface area contributed by atoms with Crippen LogP contribution in [0.2, 0.25) is 0 Å². The van der Waals surface area contributed by atoms with E-state index in [1.165, 1.54) is 49.7 Å². The van der Waals surface area contributed by atoms with Crippen molar-refractivity contribution in [3.63, 3.8) is 0 Å². The molecule has 2 rings (SSSR count). The Hall–Kier alpha value is -1.55. The minimum Gasteiger partial charge on any atom is -0.193 e. The number of hydrogen-bond donors (Lipinski definition) is 0. The highest BCUT2D eigenvalue weighted by Crippen LogP contribution is 2.32. The topological polar surface area (TPSA) is 23.8 Å². The summed E-state index contributed by atoms with van der Waals surface area (Å²) in [6, 6.07) is 11.2. The maximum absolute atomic E-state index is 8.56. The second kappa shape index (κ2) is 7.90. The maximum atomic E-state index is 8.56. The van der Waals surface area contributed by atoms with Gasteiger partial charge in [0.25, 0.3) is 0 Å². The second-order valence-electron chi connectivity index (χ2n) is 5.98. The molecule has 0 bridgehead atoms. The van der Waals surface area contributed by atoms with Gasteiger partial charge < -0.3 is 0 Å². The molecule has 0 aliphatic heterocycles. The predicted octanol–water partition coefficient (Wildman–Crippen LogP) is 5.07. The Morgan fingerprint density at radius 3 is 2.35 bits per heavy atom. The van der Waals surface area contributed by atoms with Gasteiger partial charge in [0.1, 0.15) is 0 Å². The summed E-state index contributed by atoms with van der Waals surface area (Å²) in [6.45, 7) is 2.20. The van der Waals surface area contributed by atoms with E-state index in [-0.39, 0.29) is 0 Å². The van der Waals surface area contributed by atoms with Crippen molar-refractivity contribution in [1.82, 2.24) is 0 Å². The van der Waals surface area contributed by atoms with Gasteiger partial charge in [-0.15, -0.1) is 0 Å². The Morgan fingerprint density at radius 2 is 1.75 bits per heavy atom. The van der Waals surface area contributed by atoms with E-state index in [1.807, 2.05) is 0 Å². The van der Waals surface area contributed by atoms with Crippen LogP contribution in [-0.4, -0.2) is 0 Å². The third-order valence-corrected chi connectivity index (χ3v) is 4.61. The Labute approximate surface area is 123 Å².